The first-order valence-corrected chi connectivity index (χ1v) is 23.0. The van der Waals surface area contributed by atoms with Crippen LogP contribution in [0.2, 0.25) is 0 Å². The minimum atomic E-state index is -0.596. The highest BCUT2D eigenvalue weighted by Gasteiger charge is 2.41. The molecule has 0 spiro atoms. The van der Waals surface area contributed by atoms with Crippen LogP contribution in [0.3, 0.4) is 0 Å². The van der Waals surface area contributed by atoms with E-state index in [4.69, 9.17) is 9.98 Å². The largest absolute Gasteiger partial charge is 0.233 e. The molecular formula is C63H56N2. The Morgan fingerprint density at radius 1 is 0.431 bits per heavy atom. The van der Waals surface area contributed by atoms with E-state index in [1.165, 1.54) is 39.0 Å². The van der Waals surface area contributed by atoms with Crippen molar-refractivity contribution < 1.29 is 0 Å². The standard InChI is InChI=1S/C63H56N2/c1-46-26-23-27-47(2)60(46)61(64-48(3)50-28-24-42-58(44-50)62(52-30-11-5-12-31-52,53-32-13-6-14-33-53)54-34-15-7-16-35-54)65-49(4)51-29-25-43-59(45-51)63(55-36-17-8-18-37-55,56-38-19-9-20-39-56)57-40-21-10-22-41-57/h5-8,11-19,21,23-45H,3,9-10,20,22H2,1-2,4H3. The maximum absolute atomic E-state index is 5.49. The van der Waals surface area contributed by atoms with Gasteiger partial charge < -0.3 is 0 Å². The summed E-state index contributed by atoms with van der Waals surface area (Å²) in [6.45, 7) is 11.1. The van der Waals surface area contributed by atoms with Gasteiger partial charge in [-0.15, -0.1) is 0 Å². The molecule has 2 nitrogen and oxygen atoms in total. The topological polar surface area (TPSA) is 24.7 Å². The van der Waals surface area contributed by atoms with Gasteiger partial charge in [-0.1, -0.05) is 219 Å². The van der Waals surface area contributed by atoms with Gasteiger partial charge in [0.1, 0.15) is 0 Å². The van der Waals surface area contributed by atoms with Gasteiger partial charge in [-0.25, -0.2) is 9.98 Å². The summed E-state index contributed by atoms with van der Waals surface area (Å²) in [6, 6.07) is 67.7. The second kappa shape index (κ2) is 19.1. The van der Waals surface area contributed by atoms with E-state index >= 15 is 0 Å². The lowest BCUT2D eigenvalue weighted by atomic mass is 9.62. The van der Waals surface area contributed by atoms with Gasteiger partial charge in [-0.2, -0.15) is 0 Å². The molecule has 2 aliphatic carbocycles. The maximum atomic E-state index is 5.49. The molecule has 0 aliphatic heterocycles. The van der Waals surface area contributed by atoms with Crippen LogP contribution < -0.4 is 0 Å². The first kappa shape index (κ1) is 42.9. The molecule has 0 atom stereocenters. The Kier molecular flexibility index (Phi) is 12.6. The van der Waals surface area contributed by atoms with E-state index in [-0.39, 0.29) is 0 Å². The van der Waals surface area contributed by atoms with E-state index < -0.39 is 10.8 Å². The van der Waals surface area contributed by atoms with Crippen molar-refractivity contribution in [2.45, 2.75) is 57.3 Å². The van der Waals surface area contributed by atoms with Gasteiger partial charge in [-0.3, -0.25) is 0 Å². The van der Waals surface area contributed by atoms with Crippen molar-refractivity contribution in [1.29, 1.82) is 0 Å². The molecule has 7 aromatic carbocycles. The van der Waals surface area contributed by atoms with Crippen LogP contribution in [0.1, 0.15) is 93.8 Å². The Morgan fingerprint density at radius 3 is 1.29 bits per heavy atom. The van der Waals surface area contributed by atoms with E-state index in [2.05, 4.69) is 252 Å². The molecule has 2 aliphatic rings. The fourth-order valence-corrected chi connectivity index (χ4v) is 10.2. The van der Waals surface area contributed by atoms with Crippen molar-refractivity contribution in [3.05, 3.63) is 303 Å². The maximum Gasteiger partial charge on any atom is 0.160 e. The van der Waals surface area contributed by atoms with Crippen LogP contribution in [0.5, 0.6) is 0 Å². The average Bonchev–Trinajstić information content (AvgIpc) is 3.36. The number of benzene rings is 7. The van der Waals surface area contributed by atoms with Crippen molar-refractivity contribution in [2.75, 3.05) is 0 Å². The molecule has 0 aromatic heterocycles. The normalized spacial score (nSPS) is 14.4. The SMILES string of the molecule is C=C(N=C(N=C(C)c1cccc(C(C2=CCCC=C2)(C2=CCCC=C2)c2ccccc2)c1)c1c(C)cccc1C)c1cccc(C(c2ccccc2)(c2ccccc2)c2ccccc2)c1. The Morgan fingerprint density at radius 2 is 0.831 bits per heavy atom. The predicted octanol–water partition coefficient (Wildman–Crippen LogP) is 15.5. The molecule has 0 saturated heterocycles. The van der Waals surface area contributed by atoms with E-state index in [0.717, 1.165) is 64.8 Å². The third-order valence-corrected chi connectivity index (χ3v) is 13.2. The van der Waals surface area contributed by atoms with Gasteiger partial charge in [0, 0.05) is 11.3 Å². The third-order valence-electron chi connectivity index (χ3n) is 13.2. The van der Waals surface area contributed by atoms with Crippen molar-refractivity contribution >= 4 is 17.2 Å². The summed E-state index contributed by atoms with van der Waals surface area (Å²) >= 11 is 0. The highest BCUT2D eigenvalue weighted by molar-refractivity contribution is 6.13. The lowest BCUT2D eigenvalue weighted by Gasteiger charge is -2.40. The Hall–Kier alpha value is -7.42. The summed E-state index contributed by atoms with van der Waals surface area (Å²) in [6.07, 6.45) is 18.4. The molecular weight excluding hydrogens is 785 g/mol. The quantitative estimate of drug-likeness (QED) is 0.0665. The molecule has 0 unspecified atom stereocenters. The summed E-state index contributed by atoms with van der Waals surface area (Å²) in [5.41, 5.74) is 15.5. The molecule has 2 heteroatoms. The van der Waals surface area contributed by atoms with Gasteiger partial charge in [0.05, 0.1) is 16.5 Å². The second-order valence-corrected chi connectivity index (χ2v) is 17.3. The smallest absolute Gasteiger partial charge is 0.160 e. The molecule has 0 fully saturated rings. The van der Waals surface area contributed by atoms with Crippen LogP contribution in [-0.4, -0.2) is 11.5 Å². The fraction of sp³-hybridized carbons (Fsp3) is 0.143. The first-order valence-electron chi connectivity index (χ1n) is 23.0. The van der Waals surface area contributed by atoms with Crippen molar-refractivity contribution in [3.8, 4) is 0 Å². The van der Waals surface area contributed by atoms with Gasteiger partial charge in [0.15, 0.2) is 5.84 Å². The number of aryl methyl sites for hydroxylation is 2. The lowest BCUT2D eigenvalue weighted by molar-refractivity contribution is 0.717. The molecule has 7 aromatic rings. The molecule has 65 heavy (non-hydrogen) atoms. The summed E-state index contributed by atoms with van der Waals surface area (Å²) in [5, 5.41) is 0. The van der Waals surface area contributed by atoms with Gasteiger partial charge in [0.2, 0.25) is 0 Å². The molecule has 0 bridgehead atoms. The molecule has 9 rings (SSSR count). The van der Waals surface area contributed by atoms with Crippen LogP contribution in [0.25, 0.3) is 5.70 Å². The first-order chi connectivity index (χ1) is 31.9. The highest BCUT2D eigenvalue weighted by atomic mass is 14.9. The van der Waals surface area contributed by atoms with Crippen LogP contribution in [0.15, 0.2) is 252 Å². The summed E-state index contributed by atoms with van der Waals surface area (Å²) in [5.74, 6) is 0.643. The van der Waals surface area contributed by atoms with Crippen molar-refractivity contribution in [3.63, 3.8) is 0 Å². The third kappa shape index (κ3) is 8.29. The van der Waals surface area contributed by atoms with Gasteiger partial charge in [-0.05, 0) is 125 Å². The number of aliphatic imine (C=N–C) groups is 2. The van der Waals surface area contributed by atoms with Crippen LogP contribution >= 0.6 is 0 Å². The van der Waals surface area contributed by atoms with Crippen LogP contribution in [0.4, 0.5) is 0 Å². The zero-order valence-electron chi connectivity index (χ0n) is 37.8. The summed E-state index contributed by atoms with van der Waals surface area (Å²) in [7, 11) is 0. The van der Waals surface area contributed by atoms with Crippen molar-refractivity contribution in [2.24, 2.45) is 9.98 Å². The number of nitrogens with zero attached hydrogens (tertiary/aromatic N) is 2. The highest BCUT2D eigenvalue weighted by Crippen LogP contribution is 2.49. The number of hydrogen-bond acceptors (Lipinski definition) is 1. The van der Waals surface area contributed by atoms with E-state index in [0.29, 0.717) is 11.5 Å². The second-order valence-electron chi connectivity index (χ2n) is 17.3. The number of allylic oxidation sites excluding steroid dienone is 8. The minimum Gasteiger partial charge on any atom is -0.233 e. The fourth-order valence-electron chi connectivity index (χ4n) is 10.2. The lowest BCUT2D eigenvalue weighted by Crippen LogP contribution is -2.33. The van der Waals surface area contributed by atoms with Crippen molar-refractivity contribution in [1.82, 2.24) is 0 Å². The Balaban J connectivity index is 1.19. The molecule has 0 radical (unpaired) electrons. The molecule has 0 saturated carbocycles. The molecule has 0 N–H and O–H groups in total. The molecule has 0 amide bonds. The van der Waals surface area contributed by atoms with E-state index in [1.807, 2.05) is 0 Å². The van der Waals surface area contributed by atoms with Gasteiger partial charge >= 0.3 is 0 Å². The number of rotatable bonds is 12. The predicted molar refractivity (Wildman–Crippen MR) is 275 cm³/mol. The zero-order chi connectivity index (χ0) is 44.6. The van der Waals surface area contributed by atoms with E-state index in [9.17, 15) is 0 Å². The Labute approximate surface area is 386 Å². The average molecular weight is 841 g/mol. The van der Waals surface area contributed by atoms with Crippen LogP contribution in [-0.2, 0) is 10.8 Å². The van der Waals surface area contributed by atoms with E-state index in [1.54, 1.807) is 0 Å². The Bertz CT molecular complexity index is 2850. The number of hydrogen-bond donors (Lipinski definition) is 0. The summed E-state index contributed by atoms with van der Waals surface area (Å²) in [4.78, 5) is 10.9. The van der Waals surface area contributed by atoms with Crippen LogP contribution in [0, 0.1) is 13.8 Å². The molecule has 318 valence electrons. The monoisotopic (exact) mass is 840 g/mol. The zero-order valence-corrected chi connectivity index (χ0v) is 37.8. The summed E-state index contributed by atoms with van der Waals surface area (Å²) < 4.78 is 0. The molecule has 0 heterocycles. The minimum absolute atomic E-state index is 0.483. The number of amidine groups is 1. The van der Waals surface area contributed by atoms with Gasteiger partial charge in [0.25, 0.3) is 0 Å².